The molecule has 0 bridgehead atoms. The van der Waals surface area contributed by atoms with Gasteiger partial charge < -0.3 is 4.74 Å². The SMILES string of the molecule is CCOC(=O)C(SCC)c1ccccc1Cl. The van der Waals surface area contributed by atoms with Crippen molar-refractivity contribution >= 4 is 29.3 Å². The lowest BCUT2D eigenvalue weighted by atomic mass is 10.1. The van der Waals surface area contributed by atoms with Gasteiger partial charge in [0.05, 0.1) is 6.61 Å². The fourth-order valence-electron chi connectivity index (χ4n) is 1.36. The standard InChI is InChI=1S/C12H15ClO2S/c1-3-15-12(14)11(16-4-2)9-7-5-6-8-10(9)13/h5-8,11H,3-4H2,1-2H3. The number of hydrogen-bond donors (Lipinski definition) is 0. The molecule has 1 rings (SSSR count). The third kappa shape index (κ3) is 3.42. The van der Waals surface area contributed by atoms with Crippen LogP contribution in [-0.4, -0.2) is 18.3 Å². The first-order valence-electron chi connectivity index (χ1n) is 5.23. The van der Waals surface area contributed by atoms with Crippen molar-refractivity contribution in [3.63, 3.8) is 0 Å². The molecule has 0 saturated heterocycles. The van der Waals surface area contributed by atoms with Gasteiger partial charge in [-0.25, -0.2) is 0 Å². The Kier molecular flexibility index (Phi) is 5.71. The van der Waals surface area contributed by atoms with E-state index in [1.165, 1.54) is 11.8 Å². The summed E-state index contributed by atoms with van der Waals surface area (Å²) in [6, 6.07) is 7.39. The van der Waals surface area contributed by atoms with Crippen LogP contribution < -0.4 is 0 Å². The Hall–Kier alpha value is -0.670. The first-order valence-corrected chi connectivity index (χ1v) is 6.66. The second kappa shape index (κ2) is 6.81. The Labute approximate surface area is 105 Å². The van der Waals surface area contributed by atoms with E-state index in [9.17, 15) is 4.79 Å². The van der Waals surface area contributed by atoms with Crippen LogP contribution in [0.4, 0.5) is 0 Å². The van der Waals surface area contributed by atoms with Crippen molar-refractivity contribution in [3.05, 3.63) is 34.9 Å². The summed E-state index contributed by atoms with van der Waals surface area (Å²) in [5.74, 6) is 0.622. The van der Waals surface area contributed by atoms with E-state index in [4.69, 9.17) is 16.3 Å². The first-order chi connectivity index (χ1) is 7.70. The second-order valence-corrected chi connectivity index (χ2v) is 4.90. The van der Waals surface area contributed by atoms with Gasteiger partial charge >= 0.3 is 5.97 Å². The van der Waals surface area contributed by atoms with Gasteiger partial charge in [-0.05, 0) is 24.3 Å². The lowest BCUT2D eigenvalue weighted by Gasteiger charge is -2.15. The van der Waals surface area contributed by atoms with Crippen LogP contribution in [0.1, 0.15) is 24.7 Å². The molecule has 0 aliphatic rings. The molecule has 0 aliphatic heterocycles. The third-order valence-electron chi connectivity index (χ3n) is 2.02. The van der Waals surface area contributed by atoms with Crippen LogP contribution in [0.2, 0.25) is 5.02 Å². The largest absolute Gasteiger partial charge is 0.465 e. The summed E-state index contributed by atoms with van der Waals surface area (Å²) in [4.78, 5) is 11.8. The lowest BCUT2D eigenvalue weighted by Crippen LogP contribution is -2.13. The molecule has 0 heterocycles. The fraction of sp³-hybridized carbons (Fsp3) is 0.417. The predicted octanol–water partition coefficient (Wildman–Crippen LogP) is 3.70. The van der Waals surface area contributed by atoms with Gasteiger partial charge in [0.2, 0.25) is 0 Å². The number of ether oxygens (including phenoxy) is 1. The summed E-state index contributed by atoms with van der Waals surface area (Å²) in [5.41, 5.74) is 0.828. The van der Waals surface area contributed by atoms with Crippen LogP contribution in [0.5, 0.6) is 0 Å². The molecule has 88 valence electrons. The predicted molar refractivity (Wildman–Crippen MR) is 69.0 cm³/mol. The number of hydrogen-bond acceptors (Lipinski definition) is 3. The molecule has 0 spiro atoms. The van der Waals surface area contributed by atoms with Gasteiger partial charge in [0.15, 0.2) is 0 Å². The summed E-state index contributed by atoms with van der Waals surface area (Å²) in [6.07, 6.45) is 0. The summed E-state index contributed by atoms with van der Waals surface area (Å²) in [7, 11) is 0. The fourth-order valence-corrected chi connectivity index (χ4v) is 2.59. The number of benzene rings is 1. The maximum absolute atomic E-state index is 11.8. The molecule has 0 aromatic heterocycles. The Balaban J connectivity index is 2.93. The van der Waals surface area contributed by atoms with E-state index in [2.05, 4.69) is 0 Å². The molecule has 4 heteroatoms. The molecule has 1 unspecified atom stereocenters. The van der Waals surface area contributed by atoms with Crippen molar-refractivity contribution in [1.29, 1.82) is 0 Å². The molecule has 1 aromatic rings. The number of rotatable bonds is 5. The highest BCUT2D eigenvalue weighted by molar-refractivity contribution is 8.00. The average molecular weight is 259 g/mol. The van der Waals surface area contributed by atoms with E-state index < -0.39 is 0 Å². The molecule has 0 aliphatic carbocycles. The van der Waals surface area contributed by atoms with Crippen LogP contribution in [0.25, 0.3) is 0 Å². The lowest BCUT2D eigenvalue weighted by molar-refractivity contribution is -0.142. The van der Waals surface area contributed by atoms with E-state index in [-0.39, 0.29) is 11.2 Å². The molecule has 0 saturated carbocycles. The topological polar surface area (TPSA) is 26.3 Å². The monoisotopic (exact) mass is 258 g/mol. The second-order valence-electron chi connectivity index (χ2n) is 3.11. The minimum atomic E-state index is -0.321. The Morgan fingerprint density at radius 1 is 1.44 bits per heavy atom. The van der Waals surface area contributed by atoms with E-state index >= 15 is 0 Å². The highest BCUT2D eigenvalue weighted by Crippen LogP contribution is 2.34. The zero-order valence-corrected chi connectivity index (χ0v) is 11.0. The van der Waals surface area contributed by atoms with Crippen LogP contribution in [0, 0.1) is 0 Å². The van der Waals surface area contributed by atoms with Crippen LogP contribution in [0.15, 0.2) is 24.3 Å². The van der Waals surface area contributed by atoms with Crippen molar-refractivity contribution in [2.24, 2.45) is 0 Å². The Bertz CT molecular complexity index is 355. The number of thioether (sulfide) groups is 1. The molecule has 1 atom stereocenters. The molecule has 2 nitrogen and oxygen atoms in total. The molecule has 0 N–H and O–H groups in total. The molecular formula is C12H15ClO2S. The van der Waals surface area contributed by atoms with Gasteiger partial charge in [0, 0.05) is 5.02 Å². The zero-order valence-electron chi connectivity index (χ0n) is 9.40. The molecule has 0 amide bonds. The highest BCUT2D eigenvalue weighted by Gasteiger charge is 2.23. The summed E-state index contributed by atoms with van der Waals surface area (Å²) >= 11 is 7.61. The van der Waals surface area contributed by atoms with Gasteiger partial charge in [-0.3, -0.25) is 4.79 Å². The maximum Gasteiger partial charge on any atom is 0.323 e. The minimum Gasteiger partial charge on any atom is -0.465 e. The summed E-state index contributed by atoms with van der Waals surface area (Å²) in [6.45, 7) is 4.20. The third-order valence-corrected chi connectivity index (χ3v) is 3.48. The normalized spacial score (nSPS) is 12.2. The van der Waals surface area contributed by atoms with E-state index in [1.807, 2.05) is 25.1 Å². The number of carbonyl (C=O) groups excluding carboxylic acids is 1. The van der Waals surface area contributed by atoms with Crippen molar-refractivity contribution in [3.8, 4) is 0 Å². The van der Waals surface area contributed by atoms with E-state index in [0.29, 0.717) is 11.6 Å². The number of halogens is 1. The van der Waals surface area contributed by atoms with E-state index in [0.717, 1.165) is 11.3 Å². The van der Waals surface area contributed by atoms with Crippen LogP contribution in [-0.2, 0) is 9.53 Å². The molecule has 16 heavy (non-hydrogen) atoms. The number of carbonyl (C=O) groups is 1. The molecule has 1 aromatic carbocycles. The van der Waals surface area contributed by atoms with Gasteiger partial charge in [0.1, 0.15) is 5.25 Å². The van der Waals surface area contributed by atoms with Crippen molar-refractivity contribution < 1.29 is 9.53 Å². The zero-order chi connectivity index (χ0) is 12.0. The first kappa shape index (κ1) is 13.4. The molecular weight excluding hydrogens is 244 g/mol. The molecule has 0 radical (unpaired) electrons. The van der Waals surface area contributed by atoms with Crippen LogP contribution in [0.3, 0.4) is 0 Å². The van der Waals surface area contributed by atoms with Gasteiger partial charge in [0.25, 0.3) is 0 Å². The quantitative estimate of drug-likeness (QED) is 0.754. The Morgan fingerprint density at radius 3 is 2.69 bits per heavy atom. The van der Waals surface area contributed by atoms with Crippen molar-refractivity contribution in [2.75, 3.05) is 12.4 Å². The van der Waals surface area contributed by atoms with Crippen molar-refractivity contribution in [2.45, 2.75) is 19.1 Å². The minimum absolute atomic E-state index is 0.220. The average Bonchev–Trinajstić information content (AvgIpc) is 2.27. The van der Waals surface area contributed by atoms with Crippen LogP contribution >= 0.6 is 23.4 Å². The molecule has 0 fully saturated rings. The van der Waals surface area contributed by atoms with Gasteiger partial charge in [-0.1, -0.05) is 36.7 Å². The van der Waals surface area contributed by atoms with Gasteiger partial charge in [-0.15, -0.1) is 11.8 Å². The Morgan fingerprint density at radius 2 is 2.12 bits per heavy atom. The highest BCUT2D eigenvalue weighted by atomic mass is 35.5. The van der Waals surface area contributed by atoms with Crippen molar-refractivity contribution in [1.82, 2.24) is 0 Å². The van der Waals surface area contributed by atoms with E-state index in [1.54, 1.807) is 13.0 Å². The smallest absolute Gasteiger partial charge is 0.323 e. The summed E-state index contributed by atoms with van der Waals surface area (Å²) in [5, 5.41) is 0.292. The van der Waals surface area contributed by atoms with Gasteiger partial charge in [-0.2, -0.15) is 0 Å². The summed E-state index contributed by atoms with van der Waals surface area (Å²) < 4.78 is 5.05. The number of esters is 1. The maximum atomic E-state index is 11.8.